The normalized spacial score (nSPS) is 11.0. The number of pyridine rings is 1. The summed E-state index contributed by atoms with van der Waals surface area (Å²) in [7, 11) is 1.56. The van der Waals surface area contributed by atoms with E-state index in [-0.39, 0.29) is 0 Å². The fourth-order valence-electron chi connectivity index (χ4n) is 3.73. The van der Waals surface area contributed by atoms with Crippen LogP contribution in [0.25, 0.3) is 5.82 Å². The van der Waals surface area contributed by atoms with Crippen molar-refractivity contribution in [2.24, 2.45) is 0 Å². The minimum absolute atomic E-state index is 0.348. The Bertz CT molecular complexity index is 1060. The number of carbonyl (C=O) groups is 1. The molecule has 1 aromatic carbocycles. The third-order valence-corrected chi connectivity index (χ3v) is 5.62. The van der Waals surface area contributed by atoms with E-state index in [1.54, 1.807) is 31.5 Å². The lowest BCUT2D eigenvalue weighted by Gasteiger charge is -2.15. The molecule has 3 rings (SSSR count). The van der Waals surface area contributed by atoms with Crippen LogP contribution in [0.2, 0.25) is 5.02 Å². The standard InChI is InChI=1S/C25H30ClN3O4/c1-5-18(6-2)24-19(16-29(28-24)23-13-12-20(26)15-27-23)9-8-14-32-25-21(31-4)10-7-11-22(25)33-17(3)30/h7,10-13,15-16,18H,5-6,8-9,14H2,1-4H3. The number of esters is 1. The number of aromatic nitrogens is 3. The number of benzene rings is 1. The Morgan fingerprint density at radius 1 is 1.15 bits per heavy atom. The van der Waals surface area contributed by atoms with E-state index in [0.29, 0.717) is 34.8 Å². The highest BCUT2D eigenvalue weighted by atomic mass is 35.5. The summed E-state index contributed by atoms with van der Waals surface area (Å²) in [6, 6.07) is 8.89. The van der Waals surface area contributed by atoms with Crippen LogP contribution in [0.15, 0.2) is 42.7 Å². The predicted octanol–water partition coefficient (Wildman–Crippen LogP) is 5.77. The fraction of sp³-hybridized carbons (Fsp3) is 0.400. The molecule has 3 aromatic rings. The van der Waals surface area contributed by atoms with Gasteiger partial charge in [0.05, 0.1) is 24.4 Å². The number of nitrogens with zero attached hydrogens (tertiary/aromatic N) is 3. The number of ether oxygens (including phenoxy) is 3. The second-order valence-electron chi connectivity index (χ2n) is 7.67. The number of carbonyl (C=O) groups excluding carboxylic acids is 1. The number of hydrogen-bond donors (Lipinski definition) is 0. The van der Waals surface area contributed by atoms with Gasteiger partial charge < -0.3 is 14.2 Å². The van der Waals surface area contributed by atoms with Crippen LogP contribution in [-0.2, 0) is 11.2 Å². The van der Waals surface area contributed by atoms with Gasteiger partial charge in [-0.15, -0.1) is 0 Å². The van der Waals surface area contributed by atoms with Gasteiger partial charge in [-0.05, 0) is 55.5 Å². The first-order chi connectivity index (χ1) is 16.0. The van der Waals surface area contributed by atoms with Gasteiger partial charge in [-0.25, -0.2) is 9.67 Å². The molecule has 176 valence electrons. The molecule has 8 heteroatoms. The van der Waals surface area contributed by atoms with Crippen molar-refractivity contribution in [3.05, 3.63) is 59.0 Å². The Morgan fingerprint density at radius 3 is 2.55 bits per heavy atom. The van der Waals surface area contributed by atoms with Gasteiger partial charge in [0.2, 0.25) is 5.75 Å². The minimum atomic E-state index is -0.411. The summed E-state index contributed by atoms with van der Waals surface area (Å²) in [4.78, 5) is 15.8. The second kappa shape index (κ2) is 11.7. The summed E-state index contributed by atoms with van der Waals surface area (Å²) < 4.78 is 18.4. The number of aryl methyl sites for hydroxylation is 1. The van der Waals surface area contributed by atoms with Gasteiger partial charge in [-0.3, -0.25) is 4.79 Å². The van der Waals surface area contributed by atoms with E-state index in [4.69, 9.17) is 30.9 Å². The largest absolute Gasteiger partial charge is 0.493 e. The average molecular weight is 472 g/mol. The molecule has 2 aromatic heterocycles. The number of methoxy groups -OCH3 is 1. The molecule has 0 spiro atoms. The highest BCUT2D eigenvalue weighted by Crippen LogP contribution is 2.37. The Balaban J connectivity index is 1.75. The van der Waals surface area contributed by atoms with E-state index >= 15 is 0 Å². The molecular weight excluding hydrogens is 442 g/mol. The van der Waals surface area contributed by atoms with Gasteiger partial charge in [-0.2, -0.15) is 5.10 Å². The maximum absolute atomic E-state index is 11.4. The van der Waals surface area contributed by atoms with E-state index < -0.39 is 5.97 Å². The molecule has 0 saturated carbocycles. The molecule has 0 unspecified atom stereocenters. The van der Waals surface area contributed by atoms with E-state index in [1.807, 2.05) is 23.0 Å². The summed E-state index contributed by atoms with van der Waals surface area (Å²) in [5.74, 6) is 1.99. The highest BCUT2D eigenvalue weighted by molar-refractivity contribution is 6.30. The smallest absolute Gasteiger partial charge is 0.308 e. The molecule has 7 nitrogen and oxygen atoms in total. The second-order valence-corrected chi connectivity index (χ2v) is 8.10. The Hall–Kier alpha value is -3.06. The SMILES string of the molecule is CCC(CC)c1nn(-c2ccc(Cl)cn2)cc1CCCOc1c(OC)cccc1OC(C)=O. The van der Waals surface area contributed by atoms with Crippen LogP contribution < -0.4 is 14.2 Å². The van der Waals surface area contributed by atoms with Crippen LogP contribution in [-0.4, -0.2) is 34.5 Å². The van der Waals surface area contributed by atoms with Gasteiger partial charge in [0.25, 0.3) is 0 Å². The number of rotatable bonds is 11. The molecule has 0 amide bonds. The van der Waals surface area contributed by atoms with Gasteiger partial charge in [-0.1, -0.05) is 31.5 Å². The quantitative estimate of drug-likeness (QED) is 0.201. The Labute approximate surface area is 199 Å². The van der Waals surface area contributed by atoms with Gasteiger partial charge in [0, 0.05) is 25.2 Å². The van der Waals surface area contributed by atoms with Crippen LogP contribution in [0.1, 0.15) is 57.2 Å². The molecule has 0 saturated heterocycles. The van der Waals surface area contributed by atoms with Crippen LogP contribution in [0.3, 0.4) is 0 Å². The van der Waals surface area contributed by atoms with Crippen molar-refractivity contribution in [3.63, 3.8) is 0 Å². The van der Waals surface area contributed by atoms with Crippen LogP contribution in [0.4, 0.5) is 0 Å². The fourth-order valence-corrected chi connectivity index (χ4v) is 3.84. The zero-order valence-electron chi connectivity index (χ0n) is 19.5. The van der Waals surface area contributed by atoms with Crippen molar-refractivity contribution in [1.29, 1.82) is 0 Å². The third-order valence-electron chi connectivity index (χ3n) is 5.39. The van der Waals surface area contributed by atoms with Crippen LogP contribution >= 0.6 is 11.6 Å². The molecule has 33 heavy (non-hydrogen) atoms. The van der Waals surface area contributed by atoms with E-state index in [9.17, 15) is 4.79 Å². The monoisotopic (exact) mass is 471 g/mol. The van der Waals surface area contributed by atoms with E-state index in [0.717, 1.165) is 37.2 Å². The van der Waals surface area contributed by atoms with Crippen LogP contribution in [0, 0.1) is 0 Å². The van der Waals surface area contributed by atoms with Gasteiger partial charge >= 0.3 is 5.97 Å². The first kappa shape index (κ1) is 24.6. The number of hydrogen-bond acceptors (Lipinski definition) is 6. The van der Waals surface area contributed by atoms with Crippen molar-refractivity contribution < 1.29 is 19.0 Å². The van der Waals surface area contributed by atoms with Gasteiger partial charge in [0.15, 0.2) is 17.3 Å². The molecule has 2 heterocycles. The summed E-state index contributed by atoms with van der Waals surface area (Å²) in [5.41, 5.74) is 2.26. The maximum atomic E-state index is 11.4. The molecule has 0 fully saturated rings. The van der Waals surface area contributed by atoms with Crippen molar-refractivity contribution >= 4 is 17.6 Å². The lowest BCUT2D eigenvalue weighted by molar-refractivity contribution is -0.132. The van der Waals surface area contributed by atoms with E-state index in [1.165, 1.54) is 12.5 Å². The lowest BCUT2D eigenvalue weighted by atomic mass is 9.95. The van der Waals surface area contributed by atoms with E-state index in [2.05, 4.69) is 18.8 Å². The molecule has 0 bridgehead atoms. The molecule has 0 aliphatic carbocycles. The summed E-state index contributed by atoms with van der Waals surface area (Å²) in [5, 5.41) is 5.45. The maximum Gasteiger partial charge on any atom is 0.308 e. The summed E-state index contributed by atoms with van der Waals surface area (Å²) in [6.07, 6.45) is 7.23. The molecular formula is C25H30ClN3O4. The third kappa shape index (κ3) is 6.26. The van der Waals surface area contributed by atoms with Crippen molar-refractivity contribution in [2.45, 2.75) is 52.4 Å². The zero-order valence-corrected chi connectivity index (χ0v) is 20.3. The van der Waals surface area contributed by atoms with Crippen molar-refractivity contribution in [2.75, 3.05) is 13.7 Å². The molecule has 0 N–H and O–H groups in total. The molecule has 0 radical (unpaired) electrons. The number of para-hydroxylation sites is 1. The molecule has 0 aliphatic heterocycles. The summed E-state index contributed by atoms with van der Waals surface area (Å²) >= 11 is 5.98. The summed E-state index contributed by atoms with van der Waals surface area (Å²) in [6.45, 7) is 6.15. The Kier molecular flexibility index (Phi) is 8.72. The molecule has 0 aliphatic rings. The zero-order chi connectivity index (χ0) is 23.8. The van der Waals surface area contributed by atoms with Gasteiger partial charge in [0.1, 0.15) is 0 Å². The lowest BCUT2D eigenvalue weighted by Crippen LogP contribution is -2.07. The minimum Gasteiger partial charge on any atom is -0.493 e. The predicted molar refractivity (Wildman–Crippen MR) is 128 cm³/mol. The van der Waals surface area contributed by atoms with Crippen LogP contribution in [0.5, 0.6) is 17.2 Å². The molecule has 0 atom stereocenters. The highest BCUT2D eigenvalue weighted by Gasteiger charge is 2.18. The first-order valence-corrected chi connectivity index (χ1v) is 11.5. The number of halogens is 1. The van der Waals surface area contributed by atoms with Crippen molar-refractivity contribution in [3.8, 4) is 23.1 Å². The average Bonchev–Trinajstić information content (AvgIpc) is 3.22. The Morgan fingerprint density at radius 2 is 1.91 bits per heavy atom. The topological polar surface area (TPSA) is 75.5 Å². The first-order valence-electron chi connectivity index (χ1n) is 11.1. The van der Waals surface area contributed by atoms with Crippen molar-refractivity contribution in [1.82, 2.24) is 14.8 Å².